The largest absolute Gasteiger partial charge is 0.0853 e. The molecular formula is C22H46. The van der Waals surface area contributed by atoms with Crippen molar-refractivity contribution in [3.8, 4) is 0 Å². The van der Waals surface area contributed by atoms with Gasteiger partial charge in [0.2, 0.25) is 0 Å². The fourth-order valence-electron chi connectivity index (χ4n) is 2.45. The van der Waals surface area contributed by atoms with E-state index in [0.717, 1.165) is 11.8 Å². The molecule has 1 rings (SSSR count). The van der Waals surface area contributed by atoms with Gasteiger partial charge in [-0.2, -0.15) is 0 Å². The third-order valence-corrected chi connectivity index (χ3v) is 4.45. The van der Waals surface area contributed by atoms with E-state index in [0.29, 0.717) is 0 Å². The van der Waals surface area contributed by atoms with E-state index in [9.17, 15) is 0 Å². The maximum absolute atomic E-state index is 2.50. The van der Waals surface area contributed by atoms with Crippen LogP contribution in [0.3, 0.4) is 0 Å². The van der Waals surface area contributed by atoms with Gasteiger partial charge in [0, 0.05) is 0 Å². The Kier molecular flexibility index (Phi) is 20.5. The van der Waals surface area contributed by atoms with Crippen molar-refractivity contribution in [1.29, 1.82) is 0 Å². The lowest BCUT2D eigenvalue weighted by molar-refractivity contribution is 0.419. The van der Waals surface area contributed by atoms with E-state index in [1.165, 1.54) is 70.6 Å². The highest BCUT2D eigenvalue weighted by Crippen LogP contribution is 2.33. The fraction of sp³-hybridized carbons (Fsp3) is 0.909. The zero-order chi connectivity index (χ0) is 17.2. The molecule has 1 saturated carbocycles. The number of allylic oxidation sites excluding steroid dienone is 2. The molecule has 0 aromatic heterocycles. The van der Waals surface area contributed by atoms with Crippen LogP contribution in [0, 0.1) is 11.8 Å². The smallest absolute Gasteiger partial charge is 0.0320 e. The summed E-state index contributed by atoms with van der Waals surface area (Å²) in [5.74, 6) is 2.04. The Bertz CT molecular complexity index is 220. The van der Waals surface area contributed by atoms with Crippen LogP contribution in [0.15, 0.2) is 11.6 Å². The van der Waals surface area contributed by atoms with Crippen LogP contribution in [-0.4, -0.2) is 0 Å². The summed E-state index contributed by atoms with van der Waals surface area (Å²) in [7, 11) is 0. The van der Waals surface area contributed by atoms with Gasteiger partial charge in [0.25, 0.3) is 0 Å². The topological polar surface area (TPSA) is 0 Å². The molecule has 0 N–H and O–H groups in total. The first-order valence-corrected chi connectivity index (χ1v) is 10.3. The quantitative estimate of drug-likeness (QED) is 0.354. The maximum atomic E-state index is 2.50. The first-order valence-electron chi connectivity index (χ1n) is 10.3. The van der Waals surface area contributed by atoms with Crippen LogP contribution in [0.5, 0.6) is 0 Å². The molecule has 1 atom stereocenters. The normalized spacial score (nSPS) is 15.3. The van der Waals surface area contributed by atoms with Crippen LogP contribution in [-0.2, 0) is 0 Å². The summed E-state index contributed by atoms with van der Waals surface area (Å²) in [6, 6.07) is 0. The number of unbranched alkanes of at least 4 members (excludes halogenated alkanes) is 1. The zero-order valence-electron chi connectivity index (χ0n) is 17.0. The number of rotatable bonds is 10. The highest BCUT2D eigenvalue weighted by Gasteiger charge is 2.19. The van der Waals surface area contributed by atoms with Crippen molar-refractivity contribution in [2.24, 2.45) is 11.8 Å². The standard InChI is InChI=1S/C16H30.C4H10.C2H6/c1-4-7-15(5-2)9-6-8-14(3)10-11-16-12-13-16;1-3-4-2;1-2/h10,15-16H,4-9,11-13H2,1-3H3;3-4H2,1-2H3;1-2H3/b14-10-;;. The Labute approximate surface area is 143 Å². The molecule has 0 amide bonds. The second-order valence-electron chi connectivity index (χ2n) is 6.68. The van der Waals surface area contributed by atoms with Gasteiger partial charge < -0.3 is 0 Å². The molecule has 0 aromatic carbocycles. The molecule has 1 aliphatic rings. The van der Waals surface area contributed by atoms with Gasteiger partial charge in [0.15, 0.2) is 0 Å². The van der Waals surface area contributed by atoms with Crippen molar-refractivity contribution >= 4 is 0 Å². The van der Waals surface area contributed by atoms with E-state index in [2.05, 4.69) is 40.7 Å². The minimum absolute atomic E-state index is 0.987. The molecule has 22 heavy (non-hydrogen) atoms. The van der Waals surface area contributed by atoms with E-state index in [-0.39, 0.29) is 0 Å². The second kappa shape index (κ2) is 18.8. The maximum Gasteiger partial charge on any atom is -0.0320 e. The minimum Gasteiger partial charge on any atom is -0.0853 e. The molecule has 0 aliphatic heterocycles. The summed E-state index contributed by atoms with van der Waals surface area (Å²) in [5, 5.41) is 0. The first kappa shape index (κ1) is 24.0. The van der Waals surface area contributed by atoms with Gasteiger partial charge >= 0.3 is 0 Å². The van der Waals surface area contributed by atoms with E-state index in [4.69, 9.17) is 0 Å². The lowest BCUT2D eigenvalue weighted by Crippen LogP contribution is -1.98. The summed E-state index contributed by atoms with van der Waals surface area (Å²) in [6.45, 7) is 15.3. The average molecular weight is 311 g/mol. The Morgan fingerprint density at radius 2 is 1.55 bits per heavy atom. The molecule has 0 bridgehead atoms. The van der Waals surface area contributed by atoms with Gasteiger partial charge in [-0.05, 0) is 50.9 Å². The van der Waals surface area contributed by atoms with Crippen LogP contribution < -0.4 is 0 Å². The predicted molar refractivity (Wildman–Crippen MR) is 106 cm³/mol. The van der Waals surface area contributed by atoms with Gasteiger partial charge in [-0.15, -0.1) is 0 Å². The SMILES string of the molecule is CC.CCCC.CCCC(CC)CCC/C(C)=C\CC1CC1. The summed E-state index contributed by atoms with van der Waals surface area (Å²) in [5.41, 5.74) is 1.64. The summed E-state index contributed by atoms with van der Waals surface area (Å²) in [6.07, 6.45) is 17.8. The van der Waals surface area contributed by atoms with Crippen LogP contribution in [0.1, 0.15) is 119 Å². The predicted octanol–water partition coefficient (Wildman–Crippen LogP) is 8.56. The fourth-order valence-corrected chi connectivity index (χ4v) is 2.45. The molecule has 1 unspecified atom stereocenters. The van der Waals surface area contributed by atoms with Gasteiger partial charge in [-0.1, -0.05) is 91.7 Å². The second-order valence-corrected chi connectivity index (χ2v) is 6.68. The van der Waals surface area contributed by atoms with Gasteiger partial charge in [-0.25, -0.2) is 0 Å². The van der Waals surface area contributed by atoms with Crippen molar-refractivity contribution < 1.29 is 0 Å². The van der Waals surface area contributed by atoms with Crippen LogP contribution in [0.25, 0.3) is 0 Å². The monoisotopic (exact) mass is 310 g/mol. The van der Waals surface area contributed by atoms with Crippen LogP contribution in [0.4, 0.5) is 0 Å². The zero-order valence-corrected chi connectivity index (χ0v) is 17.0. The molecule has 0 heteroatoms. The third kappa shape index (κ3) is 17.8. The highest BCUT2D eigenvalue weighted by molar-refractivity contribution is 5.00. The average Bonchev–Trinajstić information content (AvgIpc) is 3.38. The van der Waals surface area contributed by atoms with Gasteiger partial charge in [-0.3, -0.25) is 0 Å². The van der Waals surface area contributed by atoms with E-state index in [1.807, 2.05) is 13.8 Å². The van der Waals surface area contributed by atoms with Crippen molar-refractivity contribution in [3.63, 3.8) is 0 Å². The first-order chi connectivity index (χ1) is 10.7. The Morgan fingerprint density at radius 1 is 0.955 bits per heavy atom. The van der Waals surface area contributed by atoms with Gasteiger partial charge in [0.1, 0.15) is 0 Å². The Balaban J connectivity index is 0. The molecule has 0 aromatic rings. The molecule has 0 spiro atoms. The number of hydrogen-bond acceptors (Lipinski definition) is 0. The minimum atomic E-state index is 0.987. The molecule has 1 fully saturated rings. The summed E-state index contributed by atoms with van der Waals surface area (Å²) >= 11 is 0. The Morgan fingerprint density at radius 3 is 1.95 bits per heavy atom. The molecular weight excluding hydrogens is 264 g/mol. The summed E-state index contributed by atoms with van der Waals surface area (Å²) in [4.78, 5) is 0. The van der Waals surface area contributed by atoms with E-state index < -0.39 is 0 Å². The lowest BCUT2D eigenvalue weighted by atomic mass is 9.93. The Hall–Kier alpha value is -0.260. The van der Waals surface area contributed by atoms with Crippen molar-refractivity contribution in [1.82, 2.24) is 0 Å². The number of hydrogen-bond donors (Lipinski definition) is 0. The van der Waals surface area contributed by atoms with Crippen molar-refractivity contribution in [2.75, 3.05) is 0 Å². The van der Waals surface area contributed by atoms with E-state index in [1.54, 1.807) is 5.57 Å². The summed E-state index contributed by atoms with van der Waals surface area (Å²) < 4.78 is 0. The molecule has 1 aliphatic carbocycles. The molecule has 134 valence electrons. The molecule has 0 nitrogen and oxygen atoms in total. The van der Waals surface area contributed by atoms with Gasteiger partial charge in [0.05, 0.1) is 0 Å². The lowest BCUT2D eigenvalue weighted by Gasteiger charge is -2.13. The molecule has 0 heterocycles. The van der Waals surface area contributed by atoms with E-state index >= 15 is 0 Å². The third-order valence-electron chi connectivity index (χ3n) is 4.45. The molecule has 0 saturated heterocycles. The van der Waals surface area contributed by atoms with Crippen molar-refractivity contribution in [3.05, 3.63) is 11.6 Å². The van der Waals surface area contributed by atoms with Crippen molar-refractivity contribution in [2.45, 2.75) is 119 Å². The molecule has 0 radical (unpaired) electrons. The highest BCUT2D eigenvalue weighted by atomic mass is 14.2. The van der Waals surface area contributed by atoms with Crippen LogP contribution >= 0.6 is 0 Å². The van der Waals surface area contributed by atoms with Crippen LogP contribution in [0.2, 0.25) is 0 Å².